The molecule has 0 bridgehead atoms. The lowest BCUT2D eigenvalue weighted by atomic mass is 9.90. The van der Waals surface area contributed by atoms with Crippen molar-refractivity contribution in [2.45, 2.75) is 33.1 Å². The molecule has 5 nitrogen and oxygen atoms in total. The van der Waals surface area contributed by atoms with Crippen LogP contribution in [0.1, 0.15) is 34.5 Å². The maximum Gasteiger partial charge on any atom is 0.181 e. The molecule has 3 aromatic heterocycles. The van der Waals surface area contributed by atoms with Gasteiger partial charge in [0, 0.05) is 26.1 Å². The van der Waals surface area contributed by atoms with Crippen molar-refractivity contribution in [3.8, 4) is 11.4 Å². The Bertz CT molecular complexity index is 910. The standard InChI is InChI=1S/C20H24FN5.H2/c1-13(2)11-14-5-4-10-26(12-14)17-8-7-16(21)19(23-17)18-15-6-3-9-22-20(15)25-24-18;/h3,6-9,13-14H,4-5,10-12H2,1-2H3,(H,22,24,25);1H/t14-;/m0./s1. The molecule has 6 heteroatoms. The van der Waals surface area contributed by atoms with Gasteiger partial charge in [0.05, 0.1) is 5.69 Å². The summed E-state index contributed by atoms with van der Waals surface area (Å²) in [6.45, 7) is 6.49. The van der Waals surface area contributed by atoms with Crippen LogP contribution in [0.25, 0.3) is 22.4 Å². The molecule has 1 saturated heterocycles. The summed E-state index contributed by atoms with van der Waals surface area (Å²) in [7, 11) is 0. The van der Waals surface area contributed by atoms with E-state index in [1.54, 1.807) is 12.3 Å². The van der Waals surface area contributed by atoms with Gasteiger partial charge < -0.3 is 4.90 Å². The zero-order valence-corrected chi connectivity index (χ0v) is 15.2. The Labute approximate surface area is 154 Å². The first kappa shape index (κ1) is 16.9. The zero-order valence-electron chi connectivity index (χ0n) is 15.2. The number of fused-ring (bicyclic) bond motifs is 1. The molecule has 1 N–H and O–H groups in total. The minimum atomic E-state index is -0.348. The molecule has 0 saturated carbocycles. The molecule has 0 spiro atoms. The van der Waals surface area contributed by atoms with E-state index in [9.17, 15) is 4.39 Å². The summed E-state index contributed by atoms with van der Waals surface area (Å²) in [4.78, 5) is 11.1. The van der Waals surface area contributed by atoms with Crippen LogP contribution in [0.5, 0.6) is 0 Å². The average Bonchev–Trinajstić information content (AvgIpc) is 3.06. The average molecular weight is 355 g/mol. The van der Waals surface area contributed by atoms with Crippen LogP contribution in [-0.4, -0.2) is 33.3 Å². The highest BCUT2D eigenvalue weighted by molar-refractivity contribution is 5.89. The van der Waals surface area contributed by atoms with E-state index in [0.717, 1.165) is 30.7 Å². The highest BCUT2D eigenvalue weighted by atomic mass is 19.1. The number of anilines is 1. The van der Waals surface area contributed by atoms with Gasteiger partial charge in [-0.1, -0.05) is 13.8 Å². The van der Waals surface area contributed by atoms with Gasteiger partial charge in [0.1, 0.15) is 11.5 Å². The highest BCUT2D eigenvalue weighted by Crippen LogP contribution is 2.30. The second kappa shape index (κ2) is 7.02. The zero-order chi connectivity index (χ0) is 18.1. The van der Waals surface area contributed by atoms with E-state index in [-0.39, 0.29) is 7.24 Å². The molecule has 1 atom stereocenters. The van der Waals surface area contributed by atoms with E-state index in [1.165, 1.54) is 18.9 Å². The molecule has 3 aromatic rings. The minimum Gasteiger partial charge on any atom is -0.356 e. The molecular weight excluding hydrogens is 329 g/mol. The number of piperidine rings is 1. The number of nitrogens with one attached hydrogen (secondary N) is 1. The first-order valence-electron chi connectivity index (χ1n) is 9.32. The van der Waals surface area contributed by atoms with Crippen molar-refractivity contribution in [3.05, 3.63) is 36.3 Å². The van der Waals surface area contributed by atoms with Crippen LogP contribution in [0, 0.1) is 17.7 Å². The normalized spacial score (nSPS) is 18.0. The van der Waals surface area contributed by atoms with Gasteiger partial charge in [0.25, 0.3) is 0 Å². The van der Waals surface area contributed by atoms with Crippen molar-refractivity contribution in [3.63, 3.8) is 0 Å². The summed E-state index contributed by atoms with van der Waals surface area (Å²) in [5, 5.41) is 7.85. The maximum atomic E-state index is 14.5. The second-order valence-corrected chi connectivity index (χ2v) is 7.56. The Hall–Kier alpha value is -2.50. The molecular formula is C20H26FN5. The molecule has 0 aliphatic carbocycles. The number of hydrogen-bond donors (Lipinski definition) is 1. The Balaban J connectivity index is 0.00000210. The van der Waals surface area contributed by atoms with Crippen LogP contribution in [-0.2, 0) is 0 Å². The van der Waals surface area contributed by atoms with Gasteiger partial charge >= 0.3 is 0 Å². The molecule has 26 heavy (non-hydrogen) atoms. The lowest BCUT2D eigenvalue weighted by molar-refractivity contribution is 0.346. The maximum absolute atomic E-state index is 14.5. The Morgan fingerprint density at radius 1 is 1.35 bits per heavy atom. The van der Waals surface area contributed by atoms with E-state index in [4.69, 9.17) is 0 Å². The SMILES string of the molecule is CC(C)C[C@@H]1CCCN(c2ccc(F)c(-c3[nH]nc4ncccc34)n2)C1.[HH]. The van der Waals surface area contributed by atoms with E-state index >= 15 is 0 Å². The third kappa shape index (κ3) is 3.28. The number of H-pyrrole nitrogens is 1. The smallest absolute Gasteiger partial charge is 0.181 e. The van der Waals surface area contributed by atoms with Gasteiger partial charge in [-0.25, -0.2) is 14.4 Å². The first-order chi connectivity index (χ1) is 12.6. The van der Waals surface area contributed by atoms with Gasteiger partial charge in [-0.3, -0.25) is 5.10 Å². The van der Waals surface area contributed by atoms with Crippen molar-refractivity contribution >= 4 is 16.9 Å². The van der Waals surface area contributed by atoms with Crippen LogP contribution in [0.3, 0.4) is 0 Å². The fourth-order valence-electron chi connectivity index (χ4n) is 3.95. The van der Waals surface area contributed by atoms with Gasteiger partial charge in [-0.2, -0.15) is 5.10 Å². The van der Waals surface area contributed by atoms with Crippen molar-refractivity contribution in [2.75, 3.05) is 18.0 Å². The van der Waals surface area contributed by atoms with E-state index in [0.29, 0.717) is 28.9 Å². The summed E-state index contributed by atoms with van der Waals surface area (Å²) in [6.07, 6.45) is 5.32. The number of aromatic amines is 1. The van der Waals surface area contributed by atoms with Crippen LogP contribution in [0.4, 0.5) is 10.2 Å². The summed E-state index contributed by atoms with van der Waals surface area (Å²) in [5.41, 5.74) is 1.47. The van der Waals surface area contributed by atoms with Gasteiger partial charge in [-0.05, 0) is 55.4 Å². The van der Waals surface area contributed by atoms with Crippen LogP contribution >= 0.6 is 0 Å². The Morgan fingerprint density at radius 3 is 3.08 bits per heavy atom. The highest BCUT2D eigenvalue weighted by Gasteiger charge is 2.23. The van der Waals surface area contributed by atoms with Crippen LogP contribution in [0.15, 0.2) is 30.5 Å². The van der Waals surface area contributed by atoms with Gasteiger partial charge in [0.2, 0.25) is 0 Å². The molecule has 0 aromatic carbocycles. The molecule has 1 fully saturated rings. The van der Waals surface area contributed by atoms with E-state index < -0.39 is 0 Å². The number of nitrogens with zero attached hydrogens (tertiary/aromatic N) is 4. The molecule has 4 rings (SSSR count). The quantitative estimate of drug-likeness (QED) is 0.739. The monoisotopic (exact) mass is 355 g/mol. The Morgan fingerprint density at radius 2 is 2.23 bits per heavy atom. The second-order valence-electron chi connectivity index (χ2n) is 7.56. The van der Waals surface area contributed by atoms with E-state index in [2.05, 4.69) is 38.9 Å². The summed E-state index contributed by atoms with van der Waals surface area (Å²) in [5.74, 6) is 1.86. The third-order valence-electron chi connectivity index (χ3n) is 5.05. The molecule has 138 valence electrons. The predicted octanol–water partition coefficient (Wildman–Crippen LogP) is 4.67. The fraction of sp³-hybridized carbons (Fsp3) is 0.450. The minimum absolute atomic E-state index is 0. The number of aromatic nitrogens is 4. The van der Waals surface area contributed by atoms with Gasteiger partial charge in [-0.15, -0.1) is 0 Å². The van der Waals surface area contributed by atoms with Crippen molar-refractivity contribution in [1.29, 1.82) is 0 Å². The van der Waals surface area contributed by atoms with E-state index in [1.807, 2.05) is 12.1 Å². The molecule has 0 unspecified atom stereocenters. The largest absolute Gasteiger partial charge is 0.356 e. The molecule has 1 aliphatic rings. The lowest BCUT2D eigenvalue weighted by Crippen LogP contribution is -2.36. The van der Waals surface area contributed by atoms with Gasteiger partial charge in [0.15, 0.2) is 11.5 Å². The predicted molar refractivity (Wildman–Crippen MR) is 104 cm³/mol. The molecule has 0 radical (unpaired) electrons. The number of pyridine rings is 2. The first-order valence-corrected chi connectivity index (χ1v) is 9.32. The van der Waals surface area contributed by atoms with Crippen molar-refractivity contribution in [2.24, 2.45) is 11.8 Å². The summed E-state index contributed by atoms with van der Waals surface area (Å²) in [6, 6.07) is 7.00. The van der Waals surface area contributed by atoms with Crippen molar-refractivity contribution in [1.82, 2.24) is 20.2 Å². The number of rotatable bonds is 4. The molecule has 0 amide bonds. The van der Waals surface area contributed by atoms with Crippen LogP contribution < -0.4 is 4.90 Å². The summed E-state index contributed by atoms with van der Waals surface area (Å²) >= 11 is 0. The third-order valence-corrected chi connectivity index (χ3v) is 5.05. The topological polar surface area (TPSA) is 57.7 Å². The number of hydrogen-bond acceptors (Lipinski definition) is 4. The molecule has 1 aliphatic heterocycles. The van der Waals surface area contributed by atoms with Crippen molar-refractivity contribution < 1.29 is 5.82 Å². The Kier molecular flexibility index (Phi) is 4.57. The number of halogens is 1. The lowest BCUT2D eigenvalue weighted by Gasteiger charge is -2.34. The van der Waals surface area contributed by atoms with Crippen LogP contribution in [0.2, 0.25) is 0 Å². The molecule has 4 heterocycles. The summed E-state index contributed by atoms with van der Waals surface area (Å²) < 4.78 is 14.5. The fourth-order valence-corrected chi connectivity index (χ4v) is 3.95.